The predicted molar refractivity (Wildman–Crippen MR) is 90.7 cm³/mol. The summed E-state index contributed by atoms with van der Waals surface area (Å²) < 4.78 is 23.8. The van der Waals surface area contributed by atoms with Crippen molar-refractivity contribution in [2.75, 3.05) is 19.8 Å². The minimum Gasteiger partial charge on any atom is -0.489 e. The van der Waals surface area contributed by atoms with Crippen LogP contribution in [0.15, 0.2) is 53.5 Å². The molecule has 0 amide bonds. The minimum absolute atomic E-state index is 0.237. The molecule has 0 aliphatic carbocycles. The molecule has 3 nitrogen and oxygen atoms in total. The highest BCUT2D eigenvalue weighted by molar-refractivity contribution is 5.79. The van der Waals surface area contributed by atoms with Gasteiger partial charge in [-0.05, 0) is 60.9 Å². The van der Waals surface area contributed by atoms with E-state index in [9.17, 15) is 4.39 Å². The normalized spacial score (nSPS) is 11.0. The molecule has 0 atom stereocenters. The van der Waals surface area contributed by atoms with E-state index in [1.54, 1.807) is 12.1 Å². The molecule has 0 fully saturated rings. The van der Waals surface area contributed by atoms with Gasteiger partial charge in [0.05, 0.1) is 0 Å². The van der Waals surface area contributed by atoms with Crippen LogP contribution in [0.2, 0.25) is 0 Å². The van der Waals surface area contributed by atoms with Crippen LogP contribution in [0, 0.1) is 5.82 Å². The molecule has 0 spiro atoms. The number of aliphatic imine (C=N–C) groups is 1. The van der Waals surface area contributed by atoms with Crippen LogP contribution in [0.5, 0.6) is 5.75 Å². The van der Waals surface area contributed by atoms with Gasteiger partial charge in [-0.3, -0.25) is 4.99 Å². The van der Waals surface area contributed by atoms with Gasteiger partial charge in [0.25, 0.3) is 0 Å². The topological polar surface area (TPSA) is 30.8 Å². The third-order valence-electron chi connectivity index (χ3n) is 3.22. The number of nitrogens with zero attached hydrogens (tertiary/aromatic N) is 1. The molecule has 4 heteroatoms. The van der Waals surface area contributed by atoms with E-state index < -0.39 is 0 Å². The molecule has 0 saturated carbocycles. The van der Waals surface area contributed by atoms with Gasteiger partial charge in [-0.25, -0.2) is 4.39 Å². The van der Waals surface area contributed by atoms with Gasteiger partial charge in [-0.15, -0.1) is 0 Å². The molecule has 0 aliphatic heterocycles. The zero-order chi connectivity index (χ0) is 16.3. The number of benzene rings is 2. The van der Waals surface area contributed by atoms with Crippen molar-refractivity contribution >= 4 is 6.21 Å². The van der Waals surface area contributed by atoms with Crippen LogP contribution >= 0.6 is 0 Å². The fraction of sp³-hybridized carbons (Fsp3) is 0.316. The van der Waals surface area contributed by atoms with Gasteiger partial charge in [0.2, 0.25) is 0 Å². The average Bonchev–Trinajstić information content (AvgIpc) is 2.58. The van der Waals surface area contributed by atoms with Crippen LogP contribution < -0.4 is 4.74 Å². The molecular formula is C19H22FNO2. The number of hydrogen-bond donors (Lipinski definition) is 0. The zero-order valence-electron chi connectivity index (χ0n) is 13.4. The quantitative estimate of drug-likeness (QED) is 0.511. The monoisotopic (exact) mass is 315 g/mol. The summed E-state index contributed by atoms with van der Waals surface area (Å²) in [7, 11) is 0. The molecule has 122 valence electrons. The number of rotatable bonds is 9. The van der Waals surface area contributed by atoms with Crippen molar-refractivity contribution in [3.8, 4) is 5.75 Å². The molecule has 0 aliphatic rings. The Morgan fingerprint density at radius 1 is 1.04 bits per heavy atom. The maximum Gasteiger partial charge on any atom is 0.123 e. The van der Waals surface area contributed by atoms with Crippen LogP contribution in [0.4, 0.5) is 4.39 Å². The van der Waals surface area contributed by atoms with Gasteiger partial charge in [-0.1, -0.05) is 12.1 Å². The van der Waals surface area contributed by atoms with Gasteiger partial charge in [0.1, 0.15) is 18.2 Å². The SMILES string of the molecule is CCOCCC/N=C/c1ccc(OCc2ccc(F)cc2)cc1. The maximum atomic E-state index is 12.8. The van der Waals surface area contributed by atoms with E-state index in [0.717, 1.165) is 43.1 Å². The fourth-order valence-corrected chi connectivity index (χ4v) is 1.97. The first-order valence-corrected chi connectivity index (χ1v) is 7.83. The summed E-state index contributed by atoms with van der Waals surface area (Å²) in [5.41, 5.74) is 1.97. The first kappa shape index (κ1) is 17.2. The van der Waals surface area contributed by atoms with Crippen LogP contribution in [0.3, 0.4) is 0 Å². The van der Waals surface area contributed by atoms with E-state index in [4.69, 9.17) is 9.47 Å². The Kier molecular flexibility index (Phi) is 7.27. The van der Waals surface area contributed by atoms with E-state index in [-0.39, 0.29) is 5.82 Å². The number of halogens is 1. The minimum atomic E-state index is -0.237. The Bertz CT molecular complexity index is 594. The van der Waals surface area contributed by atoms with Gasteiger partial charge in [-0.2, -0.15) is 0 Å². The highest BCUT2D eigenvalue weighted by Crippen LogP contribution is 2.14. The highest BCUT2D eigenvalue weighted by Gasteiger charge is 1.97. The third kappa shape index (κ3) is 6.61. The molecule has 2 rings (SSSR count). The highest BCUT2D eigenvalue weighted by atomic mass is 19.1. The lowest BCUT2D eigenvalue weighted by Crippen LogP contribution is -1.96. The van der Waals surface area contributed by atoms with Gasteiger partial charge < -0.3 is 9.47 Å². The number of ether oxygens (including phenoxy) is 2. The Labute approximate surface area is 136 Å². The lowest BCUT2D eigenvalue weighted by molar-refractivity contribution is 0.146. The fourth-order valence-electron chi connectivity index (χ4n) is 1.97. The third-order valence-corrected chi connectivity index (χ3v) is 3.22. The Balaban J connectivity index is 1.75. The summed E-state index contributed by atoms with van der Waals surface area (Å²) >= 11 is 0. The lowest BCUT2D eigenvalue weighted by Gasteiger charge is -2.06. The molecule has 0 bridgehead atoms. The van der Waals surface area contributed by atoms with E-state index in [1.165, 1.54) is 12.1 Å². The van der Waals surface area contributed by atoms with Gasteiger partial charge in [0.15, 0.2) is 0 Å². The van der Waals surface area contributed by atoms with E-state index in [2.05, 4.69) is 4.99 Å². The summed E-state index contributed by atoms with van der Waals surface area (Å²) in [5, 5.41) is 0. The molecule has 0 aromatic heterocycles. The molecule has 0 radical (unpaired) electrons. The second kappa shape index (κ2) is 9.74. The first-order chi connectivity index (χ1) is 11.3. The molecule has 0 heterocycles. The molecule has 0 saturated heterocycles. The summed E-state index contributed by atoms with van der Waals surface area (Å²) in [5.74, 6) is 0.543. The van der Waals surface area contributed by atoms with Crippen molar-refractivity contribution in [1.29, 1.82) is 0 Å². The summed E-state index contributed by atoms with van der Waals surface area (Å²) in [6.07, 6.45) is 2.79. The largest absolute Gasteiger partial charge is 0.489 e. The molecule has 2 aromatic carbocycles. The average molecular weight is 315 g/mol. The second-order valence-corrected chi connectivity index (χ2v) is 5.07. The Morgan fingerprint density at radius 3 is 2.48 bits per heavy atom. The van der Waals surface area contributed by atoms with Crippen LogP contribution in [-0.4, -0.2) is 26.0 Å². The van der Waals surface area contributed by atoms with Crippen LogP contribution in [0.1, 0.15) is 24.5 Å². The van der Waals surface area contributed by atoms with E-state index in [1.807, 2.05) is 37.4 Å². The maximum absolute atomic E-state index is 12.8. The van der Waals surface area contributed by atoms with E-state index >= 15 is 0 Å². The van der Waals surface area contributed by atoms with Crippen LogP contribution in [0.25, 0.3) is 0 Å². The Hall–Kier alpha value is -2.20. The van der Waals surface area contributed by atoms with Crippen molar-refractivity contribution in [3.05, 3.63) is 65.5 Å². The second-order valence-electron chi connectivity index (χ2n) is 5.07. The van der Waals surface area contributed by atoms with Crippen molar-refractivity contribution in [1.82, 2.24) is 0 Å². The van der Waals surface area contributed by atoms with Crippen molar-refractivity contribution in [2.45, 2.75) is 20.0 Å². The zero-order valence-corrected chi connectivity index (χ0v) is 13.4. The first-order valence-electron chi connectivity index (χ1n) is 7.83. The summed E-state index contributed by atoms with van der Waals surface area (Å²) in [4.78, 5) is 4.36. The molecular weight excluding hydrogens is 293 g/mol. The Morgan fingerprint density at radius 2 is 1.78 bits per heavy atom. The molecule has 0 unspecified atom stereocenters. The summed E-state index contributed by atoms with van der Waals surface area (Å²) in [6, 6.07) is 14.1. The van der Waals surface area contributed by atoms with Crippen molar-refractivity contribution in [3.63, 3.8) is 0 Å². The summed E-state index contributed by atoms with van der Waals surface area (Å²) in [6.45, 7) is 4.68. The van der Waals surface area contributed by atoms with Crippen molar-refractivity contribution in [2.24, 2.45) is 4.99 Å². The van der Waals surface area contributed by atoms with Crippen molar-refractivity contribution < 1.29 is 13.9 Å². The standard InChI is InChI=1S/C19H22FNO2/c1-2-22-13-3-12-21-14-16-6-10-19(11-7-16)23-15-17-4-8-18(20)9-5-17/h4-11,14H,2-3,12-13,15H2,1H3/b21-14+. The predicted octanol–water partition coefficient (Wildman–Crippen LogP) is 4.25. The van der Waals surface area contributed by atoms with Gasteiger partial charge >= 0.3 is 0 Å². The van der Waals surface area contributed by atoms with Gasteiger partial charge in [0, 0.05) is 26.0 Å². The number of hydrogen-bond acceptors (Lipinski definition) is 3. The van der Waals surface area contributed by atoms with Crippen LogP contribution in [-0.2, 0) is 11.3 Å². The molecule has 0 N–H and O–H groups in total. The van der Waals surface area contributed by atoms with E-state index in [0.29, 0.717) is 6.61 Å². The lowest BCUT2D eigenvalue weighted by atomic mass is 10.2. The molecule has 23 heavy (non-hydrogen) atoms. The molecule has 2 aromatic rings. The smallest absolute Gasteiger partial charge is 0.123 e.